The monoisotopic (exact) mass is 413 g/mol. The lowest BCUT2D eigenvalue weighted by molar-refractivity contribution is -0.116. The molecule has 0 aliphatic rings. The average molecular weight is 414 g/mol. The molecule has 1 heterocycles. The van der Waals surface area contributed by atoms with Gasteiger partial charge >= 0.3 is 6.03 Å². The van der Waals surface area contributed by atoms with Gasteiger partial charge in [-0.2, -0.15) is 5.10 Å². The van der Waals surface area contributed by atoms with Gasteiger partial charge in [0.2, 0.25) is 5.91 Å². The minimum Gasteiger partial charge on any atom is -0.331 e. The number of carbonyl (C=O) groups is 2. The first-order valence-corrected chi connectivity index (χ1v) is 10.4. The third-order valence-corrected chi connectivity index (χ3v) is 5.03. The Morgan fingerprint density at radius 1 is 1.17 bits per heavy atom. The van der Waals surface area contributed by atoms with E-state index < -0.39 is 0 Å². The van der Waals surface area contributed by atoms with E-state index >= 15 is 0 Å². The first-order valence-electron chi connectivity index (χ1n) is 10.4. The minimum absolute atomic E-state index is 0.00627. The SMILES string of the molecule is CCCN(CC(=O)Nc1cc(C(C)(C)C)nn1-c1cccc(C)c1C)C(=O)N(C)C. The predicted octanol–water partition coefficient (Wildman–Crippen LogP) is 4.12. The smallest absolute Gasteiger partial charge is 0.319 e. The molecule has 1 aromatic carbocycles. The normalized spacial score (nSPS) is 11.3. The zero-order valence-electron chi connectivity index (χ0n) is 19.5. The first-order chi connectivity index (χ1) is 14.0. The molecule has 0 fully saturated rings. The highest BCUT2D eigenvalue weighted by atomic mass is 16.2. The lowest BCUT2D eigenvalue weighted by Crippen LogP contribution is -2.43. The second-order valence-corrected chi connectivity index (χ2v) is 8.94. The first kappa shape index (κ1) is 23.4. The van der Waals surface area contributed by atoms with Crippen molar-refractivity contribution in [1.29, 1.82) is 0 Å². The Morgan fingerprint density at radius 2 is 1.83 bits per heavy atom. The molecule has 164 valence electrons. The molecule has 0 aliphatic heterocycles. The van der Waals surface area contributed by atoms with Crippen molar-refractivity contribution in [3.05, 3.63) is 41.1 Å². The van der Waals surface area contributed by atoms with E-state index in [0.29, 0.717) is 12.4 Å². The van der Waals surface area contributed by atoms with Crippen molar-refractivity contribution < 1.29 is 9.59 Å². The Balaban J connectivity index is 2.38. The van der Waals surface area contributed by atoms with Crippen molar-refractivity contribution in [2.24, 2.45) is 0 Å². The van der Waals surface area contributed by atoms with Gasteiger partial charge in [-0.1, -0.05) is 39.8 Å². The number of nitrogens with zero attached hydrogens (tertiary/aromatic N) is 4. The second-order valence-electron chi connectivity index (χ2n) is 8.94. The lowest BCUT2D eigenvalue weighted by Gasteiger charge is -2.25. The summed E-state index contributed by atoms with van der Waals surface area (Å²) in [5.74, 6) is 0.359. The van der Waals surface area contributed by atoms with Crippen molar-refractivity contribution in [2.75, 3.05) is 32.5 Å². The van der Waals surface area contributed by atoms with Crippen LogP contribution in [0.1, 0.15) is 50.9 Å². The molecule has 0 aliphatic carbocycles. The van der Waals surface area contributed by atoms with Gasteiger partial charge in [-0.25, -0.2) is 9.48 Å². The summed E-state index contributed by atoms with van der Waals surface area (Å²) in [6, 6.07) is 7.78. The molecule has 0 atom stereocenters. The molecule has 1 N–H and O–H groups in total. The van der Waals surface area contributed by atoms with E-state index in [-0.39, 0.29) is 23.9 Å². The van der Waals surface area contributed by atoms with E-state index in [2.05, 4.69) is 39.1 Å². The molecule has 0 saturated carbocycles. The van der Waals surface area contributed by atoms with E-state index in [4.69, 9.17) is 5.10 Å². The Kier molecular flexibility index (Phi) is 7.29. The summed E-state index contributed by atoms with van der Waals surface area (Å²) >= 11 is 0. The molecule has 1 aromatic heterocycles. The van der Waals surface area contributed by atoms with Gasteiger partial charge in [0.15, 0.2) is 0 Å². The minimum atomic E-state index is -0.245. The fraction of sp³-hybridized carbons (Fsp3) is 0.522. The summed E-state index contributed by atoms with van der Waals surface area (Å²) in [4.78, 5) is 28.3. The van der Waals surface area contributed by atoms with E-state index in [9.17, 15) is 9.59 Å². The Bertz CT molecular complexity index is 909. The number of nitrogens with one attached hydrogen (secondary N) is 1. The Labute approximate surface area is 180 Å². The number of amides is 3. The molecule has 3 amide bonds. The molecule has 0 bridgehead atoms. The van der Waals surface area contributed by atoms with E-state index in [0.717, 1.165) is 28.9 Å². The van der Waals surface area contributed by atoms with Gasteiger partial charge in [-0.05, 0) is 37.5 Å². The van der Waals surface area contributed by atoms with Crippen LogP contribution in [0.2, 0.25) is 0 Å². The molecular weight excluding hydrogens is 378 g/mol. The van der Waals surface area contributed by atoms with Crippen LogP contribution in [0.4, 0.5) is 10.6 Å². The summed E-state index contributed by atoms with van der Waals surface area (Å²) in [7, 11) is 3.38. The highest BCUT2D eigenvalue weighted by Crippen LogP contribution is 2.28. The van der Waals surface area contributed by atoms with E-state index in [1.807, 2.05) is 32.0 Å². The van der Waals surface area contributed by atoms with Crippen molar-refractivity contribution in [3.63, 3.8) is 0 Å². The standard InChI is InChI=1S/C23H35N5O2/c1-9-13-27(22(30)26(7)8)15-21(29)24-20-14-19(23(4,5)6)25-28(20)18-12-10-11-16(2)17(18)3/h10-12,14H,9,13,15H2,1-8H3,(H,24,29). The zero-order valence-corrected chi connectivity index (χ0v) is 19.5. The molecule has 7 nitrogen and oxygen atoms in total. The predicted molar refractivity (Wildman–Crippen MR) is 121 cm³/mol. The number of urea groups is 1. The average Bonchev–Trinajstić information content (AvgIpc) is 3.06. The van der Waals surface area contributed by atoms with Crippen molar-refractivity contribution in [2.45, 2.75) is 53.4 Å². The third-order valence-electron chi connectivity index (χ3n) is 5.03. The highest BCUT2D eigenvalue weighted by molar-refractivity contribution is 5.94. The largest absolute Gasteiger partial charge is 0.331 e. The molecule has 2 aromatic rings. The second kappa shape index (κ2) is 9.32. The summed E-state index contributed by atoms with van der Waals surface area (Å²) in [5, 5.41) is 7.78. The molecule has 0 radical (unpaired) electrons. The van der Waals surface area contributed by atoms with Crippen molar-refractivity contribution >= 4 is 17.8 Å². The van der Waals surface area contributed by atoms with Gasteiger partial charge in [-0.15, -0.1) is 0 Å². The van der Waals surface area contributed by atoms with Crippen molar-refractivity contribution in [1.82, 2.24) is 19.6 Å². The quantitative estimate of drug-likeness (QED) is 0.774. The van der Waals surface area contributed by atoms with Gasteiger partial charge in [0.1, 0.15) is 12.4 Å². The number of aromatic nitrogens is 2. The molecule has 7 heteroatoms. The Morgan fingerprint density at radius 3 is 2.40 bits per heavy atom. The van der Waals surface area contributed by atoms with Crippen LogP contribution < -0.4 is 5.32 Å². The van der Waals surface area contributed by atoms with Gasteiger partial charge in [0, 0.05) is 32.1 Å². The molecule has 2 rings (SSSR count). The lowest BCUT2D eigenvalue weighted by atomic mass is 9.92. The highest BCUT2D eigenvalue weighted by Gasteiger charge is 2.24. The molecular formula is C23H35N5O2. The number of carbonyl (C=O) groups excluding carboxylic acids is 2. The van der Waals surface area contributed by atoms with E-state index in [1.54, 1.807) is 23.7 Å². The topological polar surface area (TPSA) is 70.5 Å². The summed E-state index contributed by atoms with van der Waals surface area (Å²) < 4.78 is 1.79. The van der Waals surface area contributed by atoms with Crippen LogP contribution in [0.15, 0.2) is 24.3 Å². The number of hydrogen-bond donors (Lipinski definition) is 1. The number of benzene rings is 1. The van der Waals surface area contributed by atoms with Crippen LogP contribution in [0.3, 0.4) is 0 Å². The van der Waals surface area contributed by atoms with Crippen LogP contribution in [0, 0.1) is 13.8 Å². The number of rotatable bonds is 6. The summed E-state index contributed by atoms with van der Waals surface area (Å²) in [6.07, 6.45) is 0.779. The van der Waals surface area contributed by atoms with Gasteiger partial charge in [0.25, 0.3) is 0 Å². The fourth-order valence-electron chi connectivity index (χ4n) is 3.14. The molecule has 30 heavy (non-hydrogen) atoms. The van der Waals surface area contributed by atoms with Crippen LogP contribution >= 0.6 is 0 Å². The number of hydrogen-bond acceptors (Lipinski definition) is 3. The third kappa shape index (κ3) is 5.40. The maximum absolute atomic E-state index is 12.9. The van der Waals surface area contributed by atoms with Gasteiger partial charge < -0.3 is 15.1 Å². The van der Waals surface area contributed by atoms with Gasteiger partial charge in [-0.3, -0.25) is 4.79 Å². The van der Waals surface area contributed by atoms with Crippen molar-refractivity contribution in [3.8, 4) is 5.69 Å². The maximum Gasteiger partial charge on any atom is 0.319 e. The molecule has 0 unspecified atom stereocenters. The fourth-order valence-corrected chi connectivity index (χ4v) is 3.14. The number of aryl methyl sites for hydroxylation is 1. The van der Waals surface area contributed by atoms with Crippen LogP contribution in [-0.2, 0) is 10.2 Å². The molecule has 0 saturated heterocycles. The maximum atomic E-state index is 12.9. The van der Waals surface area contributed by atoms with Gasteiger partial charge in [0.05, 0.1) is 11.4 Å². The van der Waals surface area contributed by atoms with E-state index in [1.165, 1.54) is 4.90 Å². The number of anilines is 1. The Hall–Kier alpha value is -2.83. The van der Waals surface area contributed by atoms with Crippen LogP contribution in [0.25, 0.3) is 5.69 Å². The molecule has 0 spiro atoms. The van der Waals surface area contributed by atoms with Crippen LogP contribution in [-0.4, -0.2) is 58.7 Å². The summed E-state index contributed by atoms with van der Waals surface area (Å²) in [6.45, 7) is 12.9. The zero-order chi connectivity index (χ0) is 22.6. The summed E-state index contributed by atoms with van der Waals surface area (Å²) in [5.41, 5.74) is 3.90. The van der Waals surface area contributed by atoms with Crippen LogP contribution in [0.5, 0.6) is 0 Å².